The Bertz CT molecular complexity index is 919. The number of benzene rings is 1. The van der Waals surface area contributed by atoms with Gasteiger partial charge in [0.1, 0.15) is 5.69 Å². The number of aryl methyl sites for hydroxylation is 1. The van der Waals surface area contributed by atoms with Crippen LogP contribution in [0.25, 0.3) is 0 Å². The standard InChI is InChI=1S/C22H22N2O2/c1-16-3-2-11-23-20(16)7-5-17-4-6-18-14-24(12-8-21(25)26)15-22(9-10-22)19(18)13-17/h2-4,6,11,13H,8-10,12,14-15H2,1H3,(H,25,26). The van der Waals surface area contributed by atoms with Gasteiger partial charge in [0.15, 0.2) is 0 Å². The number of aliphatic carboxylic acids is 1. The maximum absolute atomic E-state index is 10.9. The van der Waals surface area contributed by atoms with Crippen molar-refractivity contribution in [1.29, 1.82) is 0 Å². The zero-order valence-corrected chi connectivity index (χ0v) is 15.0. The summed E-state index contributed by atoms with van der Waals surface area (Å²) < 4.78 is 0. The normalized spacial score (nSPS) is 17.3. The minimum Gasteiger partial charge on any atom is -0.481 e. The molecule has 132 valence electrons. The predicted molar refractivity (Wildman–Crippen MR) is 99.8 cm³/mol. The predicted octanol–water partition coefficient (Wildman–Crippen LogP) is 3.11. The molecule has 1 aliphatic heterocycles. The molecule has 1 spiro atoms. The van der Waals surface area contributed by atoms with Gasteiger partial charge in [-0.1, -0.05) is 18.1 Å². The lowest BCUT2D eigenvalue weighted by Crippen LogP contribution is -2.39. The van der Waals surface area contributed by atoms with Crippen LogP contribution in [-0.2, 0) is 16.8 Å². The van der Waals surface area contributed by atoms with Crippen LogP contribution < -0.4 is 0 Å². The van der Waals surface area contributed by atoms with Crippen molar-refractivity contribution >= 4 is 5.97 Å². The van der Waals surface area contributed by atoms with Crippen LogP contribution in [0.3, 0.4) is 0 Å². The molecular weight excluding hydrogens is 324 g/mol. The highest BCUT2D eigenvalue weighted by Crippen LogP contribution is 2.52. The van der Waals surface area contributed by atoms with Crippen molar-refractivity contribution in [2.75, 3.05) is 13.1 Å². The average molecular weight is 346 g/mol. The Morgan fingerprint density at radius 2 is 2.15 bits per heavy atom. The maximum atomic E-state index is 10.9. The Labute approximate surface area is 153 Å². The van der Waals surface area contributed by atoms with Crippen LogP contribution in [0, 0.1) is 18.8 Å². The molecule has 26 heavy (non-hydrogen) atoms. The molecule has 2 aromatic rings. The first kappa shape index (κ1) is 16.8. The molecule has 0 saturated heterocycles. The van der Waals surface area contributed by atoms with E-state index in [1.807, 2.05) is 19.1 Å². The van der Waals surface area contributed by atoms with Gasteiger partial charge in [-0.2, -0.15) is 0 Å². The number of carboxylic acid groups (broad SMARTS) is 1. The van der Waals surface area contributed by atoms with Gasteiger partial charge in [0.2, 0.25) is 0 Å². The molecule has 1 fully saturated rings. The first-order valence-electron chi connectivity index (χ1n) is 9.07. The van der Waals surface area contributed by atoms with Crippen LogP contribution in [-0.4, -0.2) is 34.0 Å². The third-order valence-corrected chi connectivity index (χ3v) is 5.43. The SMILES string of the molecule is Cc1cccnc1C#Cc1ccc2c(c1)C1(CC1)CN(CCC(=O)O)C2. The van der Waals surface area contributed by atoms with Crippen molar-refractivity contribution < 1.29 is 9.90 Å². The van der Waals surface area contributed by atoms with E-state index in [2.05, 4.69) is 39.9 Å². The largest absolute Gasteiger partial charge is 0.481 e. The van der Waals surface area contributed by atoms with Crippen LogP contribution in [0.15, 0.2) is 36.5 Å². The topological polar surface area (TPSA) is 53.4 Å². The zero-order chi connectivity index (χ0) is 18.1. The highest BCUT2D eigenvalue weighted by Gasteiger charge is 2.48. The summed E-state index contributed by atoms with van der Waals surface area (Å²) in [6.07, 6.45) is 4.34. The fraction of sp³-hybridized carbons (Fsp3) is 0.364. The summed E-state index contributed by atoms with van der Waals surface area (Å²) in [5.74, 6) is 5.73. The fourth-order valence-electron chi connectivity index (χ4n) is 3.83. The third-order valence-electron chi connectivity index (χ3n) is 5.43. The number of carbonyl (C=O) groups is 1. The molecule has 1 aromatic carbocycles. The van der Waals surface area contributed by atoms with Gasteiger partial charge < -0.3 is 5.11 Å². The minimum absolute atomic E-state index is 0.207. The molecule has 2 heterocycles. The zero-order valence-electron chi connectivity index (χ0n) is 15.0. The van der Waals surface area contributed by atoms with E-state index in [1.165, 1.54) is 24.0 Å². The van der Waals surface area contributed by atoms with Gasteiger partial charge >= 0.3 is 5.97 Å². The molecule has 4 rings (SSSR count). The van der Waals surface area contributed by atoms with Crippen LogP contribution in [0.2, 0.25) is 0 Å². The second kappa shape index (κ2) is 6.59. The maximum Gasteiger partial charge on any atom is 0.304 e. The average Bonchev–Trinajstić information content (AvgIpc) is 3.39. The molecule has 2 aliphatic rings. The highest BCUT2D eigenvalue weighted by atomic mass is 16.4. The highest BCUT2D eigenvalue weighted by molar-refractivity contribution is 5.66. The van der Waals surface area contributed by atoms with Crippen LogP contribution >= 0.6 is 0 Å². The fourth-order valence-corrected chi connectivity index (χ4v) is 3.83. The first-order valence-corrected chi connectivity index (χ1v) is 9.07. The van der Waals surface area contributed by atoms with E-state index in [1.54, 1.807) is 6.20 Å². The summed E-state index contributed by atoms with van der Waals surface area (Å²) >= 11 is 0. The molecule has 4 nitrogen and oxygen atoms in total. The van der Waals surface area contributed by atoms with Gasteiger partial charge in [-0.05, 0) is 60.6 Å². The molecule has 1 N–H and O–H groups in total. The summed E-state index contributed by atoms with van der Waals surface area (Å²) in [6.45, 7) is 4.44. The lowest BCUT2D eigenvalue weighted by Gasteiger charge is -2.35. The quantitative estimate of drug-likeness (QED) is 0.868. The van der Waals surface area contributed by atoms with E-state index < -0.39 is 5.97 Å². The molecule has 1 aliphatic carbocycles. The Hall–Kier alpha value is -2.64. The van der Waals surface area contributed by atoms with E-state index in [0.29, 0.717) is 6.54 Å². The van der Waals surface area contributed by atoms with E-state index in [-0.39, 0.29) is 11.8 Å². The van der Waals surface area contributed by atoms with Gasteiger partial charge in [0, 0.05) is 36.8 Å². The molecule has 1 saturated carbocycles. The van der Waals surface area contributed by atoms with E-state index >= 15 is 0 Å². The number of pyridine rings is 1. The summed E-state index contributed by atoms with van der Waals surface area (Å²) in [5.41, 5.74) is 5.88. The number of rotatable bonds is 3. The molecule has 0 unspecified atom stereocenters. The van der Waals surface area contributed by atoms with Gasteiger partial charge in [0.05, 0.1) is 6.42 Å². The monoisotopic (exact) mass is 346 g/mol. The lowest BCUT2D eigenvalue weighted by atomic mass is 9.85. The molecule has 4 heteroatoms. The molecule has 0 radical (unpaired) electrons. The van der Waals surface area contributed by atoms with E-state index in [9.17, 15) is 4.79 Å². The number of hydrogen-bond acceptors (Lipinski definition) is 3. The number of nitrogens with zero attached hydrogens (tertiary/aromatic N) is 2. The van der Waals surface area contributed by atoms with Crippen molar-refractivity contribution in [3.05, 3.63) is 64.5 Å². The summed E-state index contributed by atoms with van der Waals surface area (Å²) in [7, 11) is 0. The molecular formula is C22H22N2O2. The Morgan fingerprint density at radius 3 is 2.88 bits per heavy atom. The lowest BCUT2D eigenvalue weighted by molar-refractivity contribution is -0.137. The minimum atomic E-state index is -0.726. The van der Waals surface area contributed by atoms with Crippen molar-refractivity contribution in [2.24, 2.45) is 0 Å². The van der Waals surface area contributed by atoms with Crippen LogP contribution in [0.4, 0.5) is 0 Å². The van der Waals surface area contributed by atoms with E-state index in [4.69, 9.17) is 5.11 Å². The van der Waals surface area contributed by atoms with Gasteiger partial charge in [-0.3, -0.25) is 9.69 Å². The molecule has 0 atom stereocenters. The summed E-state index contributed by atoms with van der Waals surface area (Å²) in [4.78, 5) is 17.5. The Morgan fingerprint density at radius 1 is 1.31 bits per heavy atom. The number of hydrogen-bond donors (Lipinski definition) is 1. The van der Waals surface area contributed by atoms with Crippen molar-refractivity contribution in [2.45, 2.75) is 38.1 Å². The van der Waals surface area contributed by atoms with E-state index in [0.717, 1.165) is 29.9 Å². The van der Waals surface area contributed by atoms with Gasteiger partial charge in [-0.15, -0.1) is 0 Å². The number of fused-ring (bicyclic) bond motifs is 2. The third kappa shape index (κ3) is 3.36. The van der Waals surface area contributed by atoms with Gasteiger partial charge in [0.25, 0.3) is 0 Å². The smallest absolute Gasteiger partial charge is 0.304 e. The number of carboxylic acids is 1. The van der Waals surface area contributed by atoms with Gasteiger partial charge in [-0.25, -0.2) is 4.98 Å². The van der Waals surface area contributed by atoms with Crippen LogP contribution in [0.5, 0.6) is 0 Å². The van der Waals surface area contributed by atoms with Crippen LogP contribution in [0.1, 0.15) is 47.2 Å². The summed E-state index contributed by atoms with van der Waals surface area (Å²) in [6, 6.07) is 10.4. The van der Waals surface area contributed by atoms with Crippen molar-refractivity contribution in [3.63, 3.8) is 0 Å². The first-order chi connectivity index (χ1) is 12.6. The second-order valence-corrected chi connectivity index (χ2v) is 7.43. The molecule has 0 amide bonds. The molecule has 0 bridgehead atoms. The number of aromatic nitrogens is 1. The second-order valence-electron chi connectivity index (χ2n) is 7.43. The summed E-state index contributed by atoms with van der Waals surface area (Å²) in [5, 5.41) is 8.95. The molecule has 1 aromatic heterocycles. The Kier molecular flexibility index (Phi) is 4.26. The van der Waals surface area contributed by atoms with Crippen molar-refractivity contribution in [3.8, 4) is 11.8 Å². The van der Waals surface area contributed by atoms with Crippen molar-refractivity contribution in [1.82, 2.24) is 9.88 Å². The Balaban J connectivity index is 1.58.